The fraction of sp³-hybridized carbons (Fsp3) is 0.455. The number of rotatable bonds is 3. The van der Waals surface area contributed by atoms with Crippen LogP contribution in [0, 0.1) is 23.6 Å². The summed E-state index contributed by atoms with van der Waals surface area (Å²) in [6.45, 7) is 0. The Bertz CT molecular complexity index is 827. The largest absolute Gasteiger partial charge is 0.345 e. The molecule has 4 saturated carbocycles. The van der Waals surface area contributed by atoms with Crippen LogP contribution in [-0.2, 0) is 0 Å². The van der Waals surface area contributed by atoms with E-state index in [1.165, 1.54) is 25.3 Å². The van der Waals surface area contributed by atoms with Crippen molar-refractivity contribution in [2.75, 3.05) is 0 Å². The molecule has 1 aromatic heterocycles. The Morgan fingerprint density at radius 2 is 1.62 bits per heavy atom. The van der Waals surface area contributed by atoms with E-state index in [1.807, 2.05) is 0 Å². The average Bonchev–Trinajstić information content (AvgIpc) is 2.60. The quantitative estimate of drug-likeness (QED) is 0.880. The van der Waals surface area contributed by atoms with Crippen LogP contribution in [0.4, 0.5) is 4.39 Å². The maximum absolute atomic E-state index is 14.1. The van der Waals surface area contributed by atoms with Crippen LogP contribution in [0.5, 0.6) is 0 Å². The van der Waals surface area contributed by atoms with E-state index in [1.54, 1.807) is 36.4 Å². The zero-order valence-corrected chi connectivity index (χ0v) is 14.7. The Hall–Kier alpha value is -2.23. The van der Waals surface area contributed by atoms with E-state index in [0.29, 0.717) is 17.0 Å². The molecule has 6 rings (SSSR count). The van der Waals surface area contributed by atoms with Crippen LogP contribution in [0.3, 0.4) is 0 Å². The lowest BCUT2D eigenvalue weighted by Gasteiger charge is -2.56. The van der Waals surface area contributed by atoms with Gasteiger partial charge in [-0.2, -0.15) is 0 Å². The first kappa shape index (κ1) is 16.0. The highest BCUT2D eigenvalue weighted by Crippen LogP contribution is 2.55. The summed E-state index contributed by atoms with van der Waals surface area (Å²) in [5.41, 5.74) is 1.27. The van der Waals surface area contributed by atoms with E-state index in [9.17, 15) is 9.18 Å². The summed E-state index contributed by atoms with van der Waals surface area (Å²) < 4.78 is 14.1. The number of halogens is 1. The Labute approximate surface area is 153 Å². The molecular formula is C22H23FN2O. The van der Waals surface area contributed by atoms with Crippen LogP contribution in [-0.4, -0.2) is 16.4 Å². The highest BCUT2D eigenvalue weighted by atomic mass is 19.1. The summed E-state index contributed by atoms with van der Waals surface area (Å²) in [6, 6.07) is 11.8. The summed E-state index contributed by atoms with van der Waals surface area (Å²) in [4.78, 5) is 17.4. The molecule has 4 heteroatoms. The van der Waals surface area contributed by atoms with Crippen molar-refractivity contribution in [1.82, 2.24) is 10.3 Å². The Kier molecular flexibility index (Phi) is 3.63. The first-order valence-electron chi connectivity index (χ1n) is 9.65. The Morgan fingerprint density at radius 1 is 0.962 bits per heavy atom. The molecule has 0 aliphatic heterocycles. The number of amides is 1. The van der Waals surface area contributed by atoms with E-state index in [2.05, 4.69) is 10.3 Å². The second-order valence-electron chi connectivity index (χ2n) is 8.54. The molecule has 2 aromatic rings. The van der Waals surface area contributed by atoms with Gasteiger partial charge in [-0.3, -0.25) is 4.79 Å². The number of aromatic nitrogens is 1. The van der Waals surface area contributed by atoms with Crippen LogP contribution < -0.4 is 5.32 Å². The van der Waals surface area contributed by atoms with Crippen molar-refractivity contribution in [3.05, 3.63) is 54.0 Å². The molecule has 0 unspecified atom stereocenters. The second-order valence-corrected chi connectivity index (χ2v) is 8.54. The van der Waals surface area contributed by atoms with Gasteiger partial charge in [-0.25, -0.2) is 9.37 Å². The lowest BCUT2D eigenvalue weighted by atomic mass is 9.53. The van der Waals surface area contributed by atoms with E-state index in [0.717, 1.165) is 37.0 Å². The zero-order valence-electron chi connectivity index (χ0n) is 14.7. The van der Waals surface area contributed by atoms with E-state index in [-0.39, 0.29) is 17.3 Å². The first-order valence-corrected chi connectivity index (χ1v) is 9.65. The summed E-state index contributed by atoms with van der Waals surface area (Å²) in [5.74, 6) is 1.89. The fourth-order valence-corrected chi connectivity index (χ4v) is 5.95. The third-order valence-corrected chi connectivity index (χ3v) is 6.55. The number of nitrogens with one attached hydrogen (secondary N) is 1. The maximum atomic E-state index is 14.1. The second kappa shape index (κ2) is 5.90. The summed E-state index contributed by atoms with van der Waals surface area (Å²) >= 11 is 0. The lowest BCUT2D eigenvalue weighted by molar-refractivity contribution is -0.0167. The molecule has 1 amide bonds. The first-order chi connectivity index (χ1) is 12.6. The molecule has 0 spiro atoms. The smallest absolute Gasteiger partial charge is 0.270 e. The van der Waals surface area contributed by atoms with Crippen molar-refractivity contribution in [3.63, 3.8) is 0 Å². The van der Waals surface area contributed by atoms with Crippen LogP contribution >= 0.6 is 0 Å². The number of pyridine rings is 1. The number of benzene rings is 1. The van der Waals surface area contributed by atoms with Gasteiger partial charge in [0, 0.05) is 11.1 Å². The molecule has 26 heavy (non-hydrogen) atoms. The maximum Gasteiger partial charge on any atom is 0.270 e. The molecule has 4 aliphatic carbocycles. The van der Waals surface area contributed by atoms with Gasteiger partial charge in [0.25, 0.3) is 5.91 Å². The van der Waals surface area contributed by atoms with Gasteiger partial charge in [0.1, 0.15) is 11.5 Å². The number of carbonyl (C=O) groups excluding carboxylic acids is 1. The third kappa shape index (κ3) is 2.72. The van der Waals surface area contributed by atoms with Gasteiger partial charge in [-0.1, -0.05) is 18.2 Å². The standard InChI is InChI=1S/C22H23FN2O/c23-18-5-2-1-4-17(18)19-6-3-7-20(24-19)21(26)25-22-11-14-8-15(12-22)10-16(9-14)13-22/h1-7,14-16H,8-13H2,(H,25,26). The normalized spacial score (nSPS) is 31.8. The van der Waals surface area contributed by atoms with Gasteiger partial charge >= 0.3 is 0 Å². The minimum atomic E-state index is -0.321. The molecule has 4 aliphatic rings. The molecule has 134 valence electrons. The van der Waals surface area contributed by atoms with Crippen molar-refractivity contribution in [1.29, 1.82) is 0 Å². The number of carbonyl (C=O) groups is 1. The average molecular weight is 350 g/mol. The van der Waals surface area contributed by atoms with Gasteiger partial charge in [0.05, 0.1) is 5.69 Å². The lowest BCUT2D eigenvalue weighted by Crippen LogP contribution is -2.59. The van der Waals surface area contributed by atoms with Crippen LogP contribution in [0.25, 0.3) is 11.3 Å². The monoisotopic (exact) mass is 350 g/mol. The molecule has 0 atom stereocenters. The molecular weight excluding hydrogens is 327 g/mol. The highest BCUT2D eigenvalue weighted by molar-refractivity contribution is 5.93. The highest BCUT2D eigenvalue weighted by Gasteiger charge is 2.51. The minimum absolute atomic E-state index is 0.0402. The van der Waals surface area contributed by atoms with Crippen molar-refractivity contribution >= 4 is 5.91 Å². The Balaban J connectivity index is 1.40. The minimum Gasteiger partial charge on any atom is -0.345 e. The zero-order chi connectivity index (χ0) is 17.7. The molecule has 0 saturated heterocycles. The van der Waals surface area contributed by atoms with Crippen molar-refractivity contribution in [2.24, 2.45) is 17.8 Å². The molecule has 3 nitrogen and oxygen atoms in total. The summed E-state index contributed by atoms with van der Waals surface area (Å²) in [5, 5.41) is 3.34. The predicted molar refractivity (Wildman–Crippen MR) is 98.0 cm³/mol. The van der Waals surface area contributed by atoms with Crippen molar-refractivity contribution < 1.29 is 9.18 Å². The molecule has 1 heterocycles. The molecule has 4 bridgehead atoms. The van der Waals surface area contributed by atoms with Gasteiger partial charge in [-0.05, 0) is 80.5 Å². The predicted octanol–water partition coefficient (Wildman–Crippen LogP) is 4.59. The van der Waals surface area contributed by atoms with Crippen LogP contribution in [0.1, 0.15) is 49.0 Å². The number of hydrogen-bond acceptors (Lipinski definition) is 2. The molecule has 1 aromatic carbocycles. The summed E-state index contributed by atoms with van der Waals surface area (Å²) in [6.07, 6.45) is 7.36. The molecule has 4 fully saturated rings. The third-order valence-electron chi connectivity index (χ3n) is 6.55. The van der Waals surface area contributed by atoms with Crippen molar-refractivity contribution in [2.45, 2.75) is 44.1 Å². The van der Waals surface area contributed by atoms with E-state index >= 15 is 0 Å². The summed E-state index contributed by atoms with van der Waals surface area (Å²) in [7, 11) is 0. The van der Waals surface area contributed by atoms with Gasteiger partial charge in [0.15, 0.2) is 0 Å². The fourth-order valence-electron chi connectivity index (χ4n) is 5.95. The number of nitrogens with zero attached hydrogens (tertiary/aromatic N) is 1. The van der Waals surface area contributed by atoms with Gasteiger partial charge in [-0.15, -0.1) is 0 Å². The number of hydrogen-bond donors (Lipinski definition) is 1. The van der Waals surface area contributed by atoms with Crippen LogP contribution in [0.15, 0.2) is 42.5 Å². The van der Waals surface area contributed by atoms with Gasteiger partial charge in [0.2, 0.25) is 0 Å². The molecule has 1 N–H and O–H groups in total. The topological polar surface area (TPSA) is 42.0 Å². The van der Waals surface area contributed by atoms with E-state index in [4.69, 9.17) is 0 Å². The van der Waals surface area contributed by atoms with E-state index < -0.39 is 0 Å². The van der Waals surface area contributed by atoms with Gasteiger partial charge < -0.3 is 5.32 Å². The Morgan fingerprint density at radius 3 is 2.27 bits per heavy atom. The molecule has 0 radical (unpaired) electrons. The SMILES string of the molecule is O=C(NC12CC3CC(CC(C3)C1)C2)c1cccc(-c2ccccc2F)n1. The van der Waals surface area contributed by atoms with Crippen molar-refractivity contribution in [3.8, 4) is 11.3 Å². The van der Waals surface area contributed by atoms with Crippen LogP contribution in [0.2, 0.25) is 0 Å².